The molecule has 0 spiro atoms. The van der Waals surface area contributed by atoms with E-state index in [1.807, 2.05) is 25.1 Å². The van der Waals surface area contributed by atoms with Gasteiger partial charge in [0.25, 0.3) is 0 Å². The topological polar surface area (TPSA) is 64.6 Å². The van der Waals surface area contributed by atoms with Gasteiger partial charge in [0.05, 0.1) is 26.3 Å². The van der Waals surface area contributed by atoms with Gasteiger partial charge in [-0.05, 0) is 35.6 Å². The number of methoxy groups -OCH3 is 2. The first-order valence-corrected chi connectivity index (χ1v) is 7.52. The van der Waals surface area contributed by atoms with Crippen LogP contribution in [0.25, 0.3) is 0 Å². The Morgan fingerprint density at radius 1 is 1.23 bits per heavy atom. The van der Waals surface area contributed by atoms with Crippen molar-refractivity contribution in [3.05, 3.63) is 45.6 Å². The fraction of sp³-hybridized carbons (Fsp3) is 0.250. The van der Waals surface area contributed by atoms with Crippen LogP contribution < -0.4 is 10.1 Å². The molecule has 0 bridgehead atoms. The lowest BCUT2D eigenvalue weighted by Crippen LogP contribution is -2.16. The Labute approximate surface area is 132 Å². The van der Waals surface area contributed by atoms with Crippen molar-refractivity contribution in [2.24, 2.45) is 0 Å². The quantitative estimate of drug-likeness (QED) is 0.860. The van der Waals surface area contributed by atoms with Crippen LogP contribution in [0.3, 0.4) is 0 Å². The van der Waals surface area contributed by atoms with E-state index in [1.165, 1.54) is 18.4 Å². The van der Waals surface area contributed by atoms with Gasteiger partial charge in [0.15, 0.2) is 0 Å². The first kappa shape index (κ1) is 16.0. The Balaban J connectivity index is 2.08. The van der Waals surface area contributed by atoms with Gasteiger partial charge >= 0.3 is 5.97 Å². The van der Waals surface area contributed by atoms with Gasteiger partial charge in [-0.3, -0.25) is 4.79 Å². The van der Waals surface area contributed by atoms with Gasteiger partial charge in [-0.1, -0.05) is 12.1 Å². The number of ether oxygens (including phenoxy) is 2. The molecule has 2 rings (SSSR count). The van der Waals surface area contributed by atoms with Crippen molar-refractivity contribution in [2.75, 3.05) is 19.5 Å². The molecule has 0 aliphatic carbocycles. The monoisotopic (exact) mass is 319 g/mol. The Kier molecular flexibility index (Phi) is 5.16. The predicted molar refractivity (Wildman–Crippen MR) is 85.7 cm³/mol. The second-order valence-corrected chi connectivity index (χ2v) is 5.60. The van der Waals surface area contributed by atoms with E-state index < -0.39 is 5.97 Å². The number of hydrogen-bond donors (Lipinski definition) is 1. The van der Waals surface area contributed by atoms with Crippen molar-refractivity contribution in [2.45, 2.75) is 13.3 Å². The van der Waals surface area contributed by atoms with Crippen LogP contribution in [0.4, 0.5) is 5.69 Å². The second-order valence-electron chi connectivity index (χ2n) is 4.68. The highest BCUT2D eigenvalue weighted by atomic mass is 32.1. The zero-order valence-electron chi connectivity index (χ0n) is 12.6. The molecule has 0 saturated carbocycles. The number of rotatable bonds is 5. The third kappa shape index (κ3) is 3.65. The molecule has 5 nitrogen and oxygen atoms in total. The van der Waals surface area contributed by atoms with Crippen molar-refractivity contribution >= 4 is 28.9 Å². The molecule has 116 valence electrons. The number of benzene rings is 1. The molecule has 0 fully saturated rings. The fourth-order valence-electron chi connectivity index (χ4n) is 2.01. The smallest absolute Gasteiger partial charge is 0.350 e. The lowest BCUT2D eigenvalue weighted by molar-refractivity contribution is -0.115. The minimum atomic E-state index is -0.456. The van der Waals surface area contributed by atoms with Crippen LogP contribution in [0.2, 0.25) is 0 Å². The molecule has 0 radical (unpaired) electrons. The Hall–Kier alpha value is -2.34. The summed E-state index contributed by atoms with van der Waals surface area (Å²) in [4.78, 5) is 24.1. The maximum absolute atomic E-state index is 12.1. The highest BCUT2D eigenvalue weighted by Gasteiger charge is 2.15. The maximum Gasteiger partial charge on any atom is 0.350 e. The molecule has 0 aliphatic rings. The van der Waals surface area contributed by atoms with E-state index in [4.69, 9.17) is 4.74 Å². The lowest BCUT2D eigenvalue weighted by atomic mass is 10.1. The fourth-order valence-corrected chi connectivity index (χ4v) is 2.78. The van der Waals surface area contributed by atoms with E-state index in [2.05, 4.69) is 10.1 Å². The molecule has 1 N–H and O–H groups in total. The molecule has 1 amide bonds. The van der Waals surface area contributed by atoms with Crippen LogP contribution in [0.15, 0.2) is 29.6 Å². The molecule has 1 aromatic heterocycles. The number of amides is 1. The maximum atomic E-state index is 12.1. The summed E-state index contributed by atoms with van der Waals surface area (Å²) in [6, 6.07) is 7.31. The molecule has 0 saturated heterocycles. The van der Waals surface area contributed by atoms with Crippen molar-refractivity contribution in [3.8, 4) is 5.75 Å². The molecule has 0 unspecified atom stereocenters. The second kappa shape index (κ2) is 7.09. The Bertz CT molecular complexity index is 693. The van der Waals surface area contributed by atoms with E-state index in [0.29, 0.717) is 10.6 Å². The summed E-state index contributed by atoms with van der Waals surface area (Å²) in [6.07, 6.45) is 0.201. The van der Waals surface area contributed by atoms with E-state index in [9.17, 15) is 9.59 Å². The third-order valence-corrected chi connectivity index (χ3v) is 4.04. The molecule has 2 aromatic rings. The SMILES string of the molecule is COC(=O)c1sccc1NC(=O)Cc1ccc(C)c(OC)c1. The van der Waals surface area contributed by atoms with Crippen LogP contribution in [0.1, 0.15) is 20.8 Å². The van der Waals surface area contributed by atoms with Gasteiger partial charge in [0.1, 0.15) is 10.6 Å². The number of nitrogens with one attached hydrogen (secondary N) is 1. The number of thiophene rings is 1. The summed E-state index contributed by atoms with van der Waals surface area (Å²) in [5.41, 5.74) is 2.33. The number of carbonyl (C=O) groups excluding carboxylic acids is 2. The number of hydrogen-bond acceptors (Lipinski definition) is 5. The van der Waals surface area contributed by atoms with Crippen LogP contribution in [0.5, 0.6) is 5.75 Å². The standard InChI is InChI=1S/C16H17NO4S/c1-10-4-5-11(8-13(10)20-2)9-14(18)17-12-6-7-22-15(12)16(19)21-3/h4-8H,9H2,1-3H3,(H,17,18). The Morgan fingerprint density at radius 2 is 2.00 bits per heavy atom. The van der Waals surface area contributed by atoms with Crippen molar-refractivity contribution < 1.29 is 19.1 Å². The summed E-state index contributed by atoms with van der Waals surface area (Å²) < 4.78 is 9.93. The summed E-state index contributed by atoms with van der Waals surface area (Å²) in [5.74, 6) is 0.0906. The average molecular weight is 319 g/mol. The number of anilines is 1. The van der Waals surface area contributed by atoms with Crippen molar-refractivity contribution in [3.63, 3.8) is 0 Å². The van der Waals surface area contributed by atoms with Crippen LogP contribution in [0, 0.1) is 6.92 Å². The van der Waals surface area contributed by atoms with Gasteiger partial charge in [0.2, 0.25) is 5.91 Å². The van der Waals surface area contributed by atoms with Gasteiger partial charge < -0.3 is 14.8 Å². The molecule has 6 heteroatoms. The first-order valence-electron chi connectivity index (χ1n) is 6.64. The van der Waals surface area contributed by atoms with Crippen molar-refractivity contribution in [1.29, 1.82) is 0 Å². The van der Waals surface area contributed by atoms with E-state index in [0.717, 1.165) is 16.9 Å². The number of carbonyl (C=O) groups is 2. The first-order chi connectivity index (χ1) is 10.5. The Morgan fingerprint density at radius 3 is 2.68 bits per heavy atom. The van der Waals surface area contributed by atoms with Gasteiger partial charge in [-0.25, -0.2) is 4.79 Å². The van der Waals surface area contributed by atoms with Gasteiger partial charge in [0, 0.05) is 0 Å². The molecule has 22 heavy (non-hydrogen) atoms. The zero-order valence-corrected chi connectivity index (χ0v) is 13.5. The summed E-state index contributed by atoms with van der Waals surface area (Å²) in [7, 11) is 2.91. The minimum absolute atomic E-state index is 0.200. The van der Waals surface area contributed by atoms with E-state index in [-0.39, 0.29) is 12.3 Å². The largest absolute Gasteiger partial charge is 0.496 e. The predicted octanol–water partition coefficient (Wildman–Crippen LogP) is 3.03. The van der Waals surface area contributed by atoms with Crippen LogP contribution in [-0.2, 0) is 16.0 Å². The number of esters is 1. The van der Waals surface area contributed by atoms with E-state index >= 15 is 0 Å². The molecule has 1 heterocycles. The van der Waals surface area contributed by atoms with Crippen molar-refractivity contribution in [1.82, 2.24) is 0 Å². The molecular weight excluding hydrogens is 302 g/mol. The molecule has 0 aliphatic heterocycles. The molecule has 0 atom stereocenters. The van der Waals surface area contributed by atoms with Gasteiger partial charge in [-0.2, -0.15) is 0 Å². The van der Waals surface area contributed by atoms with Crippen LogP contribution >= 0.6 is 11.3 Å². The minimum Gasteiger partial charge on any atom is -0.496 e. The highest BCUT2D eigenvalue weighted by molar-refractivity contribution is 7.12. The van der Waals surface area contributed by atoms with E-state index in [1.54, 1.807) is 18.6 Å². The summed E-state index contributed by atoms with van der Waals surface area (Å²) >= 11 is 1.23. The third-order valence-electron chi connectivity index (χ3n) is 3.15. The normalized spacial score (nSPS) is 10.1. The van der Waals surface area contributed by atoms with Crippen LogP contribution in [-0.4, -0.2) is 26.1 Å². The summed E-state index contributed by atoms with van der Waals surface area (Å²) in [5, 5.41) is 4.47. The number of aryl methyl sites for hydroxylation is 1. The van der Waals surface area contributed by atoms with Gasteiger partial charge in [-0.15, -0.1) is 11.3 Å². The lowest BCUT2D eigenvalue weighted by Gasteiger charge is -2.08. The highest BCUT2D eigenvalue weighted by Crippen LogP contribution is 2.24. The molecular formula is C16H17NO4S. The summed E-state index contributed by atoms with van der Waals surface area (Å²) in [6.45, 7) is 1.94. The molecule has 1 aromatic carbocycles. The average Bonchev–Trinajstić information content (AvgIpc) is 2.96. The zero-order chi connectivity index (χ0) is 16.1.